The molecule has 0 aliphatic heterocycles. The van der Waals surface area contributed by atoms with Crippen LogP contribution in [-0.2, 0) is 11.2 Å². The quantitative estimate of drug-likeness (QED) is 0.837. The Morgan fingerprint density at radius 1 is 1.43 bits per heavy atom. The minimum Gasteiger partial charge on any atom is -0.477 e. The SMILES string of the molecule is CCOc1nc(NC(=O)Cc2ccc(Br)cc2)cc(N)c1C#N. The molecule has 0 saturated heterocycles. The van der Waals surface area contributed by atoms with E-state index in [1.807, 2.05) is 30.3 Å². The van der Waals surface area contributed by atoms with Gasteiger partial charge in [0.25, 0.3) is 0 Å². The van der Waals surface area contributed by atoms with Crippen molar-refractivity contribution in [3.63, 3.8) is 0 Å². The molecule has 23 heavy (non-hydrogen) atoms. The summed E-state index contributed by atoms with van der Waals surface area (Å²) < 4.78 is 6.24. The summed E-state index contributed by atoms with van der Waals surface area (Å²) in [5.74, 6) is 0.146. The number of carbonyl (C=O) groups is 1. The van der Waals surface area contributed by atoms with Crippen molar-refractivity contribution in [2.75, 3.05) is 17.7 Å². The summed E-state index contributed by atoms with van der Waals surface area (Å²) in [4.78, 5) is 16.2. The van der Waals surface area contributed by atoms with Gasteiger partial charge in [-0.05, 0) is 24.6 Å². The van der Waals surface area contributed by atoms with Crippen LogP contribution in [0.15, 0.2) is 34.8 Å². The molecule has 7 heteroatoms. The maximum atomic E-state index is 12.1. The normalized spacial score (nSPS) is 9.96. The minimum atomic E-state index is -0.230. The molecule has 0 aliphatic rings. The maximum absolute atomic E-state index is 12.1. The molecule has 0 atom stereocenters. The van der Waals surface area contributed by atoms with E-state index in [1.165, 1.54) is 6.07 Å². The number of halogens is 1. The summed E-state index contributed by atoms with van der Waals surface area (Å²) in [5, 5.41) is 11.7. The lowest BCUT2D eigenvalue weighted by molar-refractivity contribution is -0.115. The second-order valence-corrected chi connectivity index (χ2v) is 5.59. The van der Waals surface area contributed by atoms with Crippen molar-refractivity contribution in [1.29, 1.82) is 5.26 Å². The van der Waals surface area contributed by atoms with Crippen molar-refractivity contribution in [3.8, 4) is 11.9 Å². The van der Waals surface area contributed by atoms with Gasteiger partial charge in [-0.1, -0.05) is 28.1 Å². The smallest absolute Gasteiger partial charge is 0.235 e. The second-order valence-electron chi connectivity index (χ2n) is 4.67. The van der Waals surface area contributed by atoms with Crippen LogP contribution in [0.2, 0.25) is 0 Å². The summed E-state index contributed by atoms with van der Waals surface area (Å²) in [6, 6.07) is 10.8. The number of hydrogen-bond donors (Lipinski definition) is 2. The van der Waals surface area contributed by atoms with Crippen LogP contribution in [0.3, 0.4) is 0 Å². The van der Waals surface area contributed by atoms with E-state index >= 15 is 0 Å². The minimum absolute atomic E-state index is 0.119. The number of nitrogen functional groups attached to an aromatic ring is 1. The Morgan fingerprint density at radius 3 is 2.74 bits per heavy atom. The number of pyridine rings is 1. The Kier molecular flexibility index (Phi) is 5.55. The van der Waals surface area contributed by atoms with Crippen LogP contribution in [0.1, 0.15) is 18.1 Å². The molecule has 1 aromatic heterocycles. The van der Waals surface area contributed by atoms with E-state index in [0.717, 1.165) is 10.0 Å². The van der Waals surface area contributed by atoms with E-state index in [-0.39, 0.29) is 35.3 Å². The molecule has 0 spiro atoms. The number of hydrogen-bond acceptors (Lipinski definition) is 5. The Hall–Kier alpha value is -2.59. The number of anilines is 2. The summed E-state index contributed by atoms with van der Waals surface area (Å²) in [5.41, 5.74) is 7.06. The van der Waals surface area contributed by atoms with E-state index in [1.54, 1.807) is 6.92 Å². The number of carbonyl (C=O) groups excluding carboxylic acids is 1. The molecule has 118 valence electrons. The average molecular weight is 375 g/mol. The zero-order valence-electron chi connectivity index (χ0n) is 12.5. The van der Waals surface area contributed by atoms with Gasteiger partial charge < -0.3 is 15.8 Å². The molecule has 1 heterocycles. The third kappa shape index (κ3) is 4.44. The third-order valence-electron chi connectivity index (χ3n) is 2.96. The van der Waals surface area contributed by atoms with Gasteiger partial charge in [0.15, 0.2) is 0 Å². The van der Waals surface area contributed by atoms with E-state index in [0.29, 0.717) is 6.61 Å². The molecule has 1 amide bonds. The number of nitrogens with one attached hydrogen (secondary N) is 1. The average Bonchev–Trinajstić information content (AvgIpc) is 2.50. The first kappa shape index (κ1) is 16.8. The van der Waals surface area contributed by atoms with E-state index in [2.05, 4.69) is 26.2 Å². The first-order chi connectivity index (χ1) is 11.0. The molecular formula is C16H15BrN4O2. The summed E-state index contributed by atoms with van der Waals surface area (Å²) in [7, 11) is 0. The van der Waals surface area contributed by atoms with Gasteiger partial charge in [-0.15, -0.1) is 0 Å². The van der Waals surface area contributed by atoms with Crippen molar-refractivity contribution < 1.29 is 9.53 Å². The lowest BCUT2D eigenvalue weighted by Gasteiger charge is -2.10. The number of amides is 1. The fraction of sp³-hybridized carbons (Fsp3) is 0.188. The van der Waals surface area contributed by atoms with Crippen molar-refractivity contribution in [1.82, 2.24) is 4.98 Å². The largest absolute Gasteiger partial charge is 0.477 e. The number of nitriles is 1. The summed E-state index contributed by atoms with van der Waals surface area (Å²) in [6.45, 7) is 2.12. The maximum Gasteiger partial charge on any atom is 0.235 e. The van der Waals surface area contributed by atoms with E-state index in [4.69, 9.17) is 15.7 Å². The third-order valence-corrected chi connectivity index (χ3v) is 3.48. The van der Waals surface area contributed by atoms with Crippen molar-refractivity contribution in [2.45, 2.75) is 13.3 Å². The number of rotatable bonds is 5. The van der Waals surface area contributed by atoms with Crippen LogP contribution < -0.4 is 15.8 Å². The number of aromatic nitrogens is 1. The van der Waals surface area contributed by atoms with Crippen LogP contribution >= 0.6 is 15.9 Å². The molecule has 0 unspecified atom stereocenters. The fourth-order valence-electron chi connectivity index (χ4n) is 1.93. The molecule has 6 nitrogen and oxygen atoms in total. The molecule has 2 rings (SSSR count). The molecule has 0 fully saturated rings. The standard InChI is InChI=1S/C16H15BrN4O2/c1-2-23-16-12(9-18)13(19)8-14(21-16)20-15(22)7-10-3-5-11(17)6-4-10/h3-6,8H,2,7H2,1H3,(H3,19,20,21,22). The van der Waals surface area contributed by atoms with Gasteiger partial charge in [-0.3, -0.25) is 4.79 Å². The van der Waals surface area contributed by atoms with Crippen LogP contribution in [0.25, 0.3) is 0 Å². The first-order valence-electron chi connectivity index (χ1n) is 6.91. The van der Waals surface area contributed by atoms with Gasteiger partial charge in [-0.25, -0.2) is 0 Å². The number of nitrogens with two attached hydrogens (primary N) is 1. The molecule has 2 aromatic rings. The molecule has 0 bridgehead atoms. The Morgan fingerprint density at radius 2 is 2.13 bits per heavy atom. The highest BCUT2D eigenvalue weighted by Crippen LogP contribution is 2.25. The van der Waals surface area contributed by atoms with E-state index in [9.17, 15) is 4.79 Å². The van der Waals surface area contributed by atoms with Crippen LogP contribution in [0.4, 0.5) is 11.5 Å². The summed E-state index contributed by atoms with van der Waals surface area (Å²) >= 11 is 3.34. The number of nitrogens with zero attached hydrogens (tertiary/aromatic N) is 2. The van der Waals surface area contributed by atoms with Gasteiger partial charge in [0.1, 0.15) is 17.5 Å². The van der Waals surface area contributed by atoms with Crippen LogP contribution in [0.5, 0.6) is 5.88 Å². The highest BCUT2D eigenvalue weighted by atomic mass is 79.9. The first-order valence-corrected chi connectivity index (χ1v) is 7.70. The zero-order valence-corrected chi connectivity index (χ0v) is 14.1. The highest BCUT2D eigenvalue weighted by molar-refractivity contribution is 9.10. The van der Waals surface area contributed by atoms with Gasteiger partial charge in [-0.2, -0.15) is 10.2 Å². The second kappa shape index (κ2) is 7.61. The Balaban J connectivity index is 2.14. The van der Waals surface area contributed by atoms with Crippen molar-refractivity contribution in [2.24, 2.45) is 0 Å². The number of benzene rings is 1. The molecular weight excluding hydrogens is 360 g/mol. The predicted molar refractivity (Wildman–Crippen MR) is 91.0 cm³/mol. The Bertz CT molecular complexity index is 754. The van der Waals surface area contributed by atoms with Crippen molar-refractivity contribution in [3.05, 3.63) is 45.9 Å². The van der Waals surface area contributed by atoms with Crippen LogP contribution in [-0.4, -0.2) is 17.5 Å². The van der Waals surface area contributed by atoms with Gasteiger partial charge in [0.2, 0.25) is 11.8 Å². The molecule has 0 saturated carbocycles. The molecule has 0 radical (unpaired) electrons. The van der Waals surface area contributed by atoms with Crippen molar-refractivity contribution >= 4 is 33.3 Å². The number of ether oxygens (including phenoxy) is 1. The summed E-state index contributed by atoms with van der Waals surface area (Å²) in [6.07, 6.45) is 0.207. The molecule has 0 aliphatic carbocycles. The zero-order chi connectivity index (χ0) is 16.8. The Labute approximate surface area is 142 Å². The molecule has 3 N–H and O–H groups in total. The van der Waals surface area contributed by atoms with Gasteiger partial charge in [0.05, 0.1) is 18.7 Å². The molecule has 1 aromatic carbocycles. The van der Waals surface area contributed by atoms with Crippen LogP contribution in [0, 0.1) is 11.3 Å². The fourth-order valence-corrected chi connectivity index (χ4v) is 2.20. The van der Waals surface area contributed by atoms with Gasteiger partial charge >= 0.3 is 0 Å². The lowest BCUT2D eigenvalue weighted by Crippen LogP contribution is -2.16. The van der Waals surface area contributed by atoms with Gasteiger partial charge in [0, 0.05) is 10.5 Å². The predicted octanol–water partition coefficient (Wildman–Crippen LogP) is 2.88. The topological polar surface area (TPSA) is 101 Å². The lowest BCUT2D eigenvalue weighted by atomic mass is 10.1. The monoisotopic (exact) mass is 374 g/mol. The highest BCUT2D eigenvalue weighted by Gasteiger charge is 2.13. The van der Waals surface area contributed by atoms with E-state index < -0.39 is 0 Å².